The lowest BCUT2D eigenvalue weighted by atomic mass is 10.2. The highest BCUT2D eigenvalue weighted by atomic mass is 16.5. The Hall–Kier alpha value is -3.15. The van der Waals surface area contributed by atoms with E-state index in [9.17, 15) is 4.79 Å². The van der Waals surface area contributed by atoms with Gasteiger partial charge in [-0.15, -0.1) is 0 Å². The topological polar surface area (TPSA) is 79.4 Å². The lowest BCUT2D eigenvalue weighted by molar-refractivity contribution is -0.123. The fourth-order valence-electron chi connectivity index (χ4n) is 2.12. The number of ether oxygens (including phenoxy) is 1. The number of aryl methyl sites for hydroxylation is 1. The second kappa shape index (κ2) is 6.74. The number of fused-ring (bicyclic) bond motifs is 1. The van der Waals surface area contributed by atoms with Crippen LogP contribution in [0.25, 0.3) is 10.9 Å². The Morgan fingerprint density at radius 3 is 3.17 bits per heavy atom. The summed E-state index contributed by atoms with van der Waals surface area (Å²) in [6.45, 7) is 1.71. The number of nitrogens with one attached hydrogen (secondary N) is 2. The monoisotopic (exact) mass is 308 g/mol. The van der Waals surface area contributed by atoms with Crippen molar-refractivity contribution in [1.29, 1.82) is 0 Å². The molecule has 0 bridgehead atoms. The maximum atomic E-state index is 11.7. The molecule has 0 spiro atoms. The maximum Gasteiger partial charge on any atom is 0.277 e. The van der Waals surface area contributed by atoms with Crippen molar-refractivity contribution in [3.8, 4) is 5.75 Å². The van der Waals surface area contributed by atoms with Crippen molar-refractivity contribution in [2.75, 3.05) is 6.61 Å². The molecule has 2 N–H and O–H groups in total. The molecule has 1 aromatic carbocycles. The number of hydrazone groups is 1. The number of hydrogen-bond donors (Lipinski definition) is 2. The van der Waals surface area contributed by atoms with Crippen LogP contribution in [-0.4, -0.2) is 28.7 Å². The zero-order chi connectivity index (χ0) is 16.1. The highest BCUT2D eigenvalue weighted by Gasteiger charge is 2.03. The first-order valence-corrected chi connectivity index (χ1v) is 7.16. The predicted octanol–water partition coefficient (Wildman–Crippen LogP) is 2.40. The van der Waals surface area contributed by atoms with Gasteiger partial charge in [0.15, 0.2) is 6.61 Å². The Morgan fingerprint density at radius 1 is 1.39 bits per heavy atom. The van der Waals surface area contributed by atoms with E-state index in [0.29, 0.717) is 5.75 Å². The number of carbonyl (C=O) groups excluding carboxylic acids is 1. The molecule has 3 rings (SSSR count). The number of H-pyrrole nitrogens is 1. The van der Waals surface area contributed by atoms with Gasteiger partial charge in [0.1, 0.15) is 5.75 Å². The Kier molecular flexibility index (Phi) is 4.33. The minimum Gasteiger partial charge on any atom is -0.482 e. The van der Waals surface area contributed by atoms with E-state index in [1.165, 1.54) is 0 Å². The number of rotatable bonds is 5. The third-order valence-corrected chi connectivity index (χ3v) is 3.30. The summed E-state index contributed by atoms with van der Waals surface area (Å²) in [7, 11) is 0. The normalized spacial score (nSPS) is 11.0. The standard InChI is InChI=1S/C17H16N4O2/c1-12-16(3-2-7-18-12)23-11-17(22)21-20-10-13-4-5-14-6-8-19-15(14)9-13/h2-10,19H,11H2,1H3,(H,21,22)/b20-10+. The zero-order valence-electron chi connectivity index (χ0n) is 12.6. The van der Waals surface area contributed by atoms with E-state index in [-0.39, 0.29) is 12.5 Å². The van der Waals surface area contributed by atoms with Crippen LogP contribution in [0.3, 0.4) is 0 Å². The van der Waals surface area contributed by atoms with Gasteiger partial charge in [-0.05, 0) is 42.1 Å². The van der Waals surface area contributed by atoms with Gasteiger partial charge in [0.25, 0.3) is 5.91 Å². The van der Waals surface area contributed by atoms with Crippen molar-refractivity contribution in [3.63, 3.8) is 0 Å². The van der Waals surface area contributed by atoms with Crippen LogP contribution in [-0.2, 0) is 4.79 Å². The summed E-state index contributed by atoms with van der Waals surface area (Å²) in [5, 5.41) is 5.06. The van der Waals surface area contributed by atoms with E-state index in [1.807, 2.05) is 37.4 Å². The quantitative estimate of drug-likeness (QED) is 0.561. The molecule has 3 aromatic rings. The molecule has 6 nitrogen and oxygen atoms in total. The van der Waals surface area contributed by atoms with Gasteiger partial charge in [0.05, 0.1) is 11.9 Å². The summed E-state index contributed by atoms with van der Waals surface area (Å²) in [6.07, 6.45) is 5.15. The van der Waals surface area contributed by atoms with Crippen molar-refractivity contribution in [2.24, 2.45) is 5.10 Å². The molecule has 23 heavy (non-hydrogen) atoms. The first kappa shape index (κ1) is 14.8. The molecule has 0 aliphatic rings. The van der Waals surface area contributed by atoms with Crippen molar-refractivity contribution in [1.82, 2.24) is 15.4 Å². The van der Waals surface area contributed by atoms with Crippen LogP contribution < -0.4 is 10.2 Å². The van der Waals surface area contributed by atoms with Crippen molar-refractivity contribution < 1.29 is 9.53 Å². The first-order valence-electron chi connectivity index (χ1n) is 7.16. The van der Waals surface area contributed by atoms with Crippen molar-refractivity contribution in [3.05, 3.63) is 60.0 Å². The molecule has 0 aliphatic carbocycles. The second-order valence-electron chi connectivity index (χ2n) is 4.99. The number of amides is 1. The molecule has 116 valence electrons. The Morgan fingerprint density at radius 2 is 2.30 bits per heavy atom. The largest absolute Gasteiger partial charge is 0.482 e. The maximum absolute atomic E-state index is 11.7. The molecule has 1 amide bonds. The molecule has 2 aromatic heterocycles. The SMILES string of the molecule is Cc1ncccc1OCC(=O)N/N=C/c1ccc2cc[nH]c2c1. The molecule has 0 atom stereocenters. The lowest BCUT2D eigenvalue weighted by Crippen LogP contribution is -2.24. The van der Waals surface area contributed by atoms with Gasteiger partial charge in [-0.3, -0.25) is 9.78 Å². The summed E-state index contributed by atoms with van der Waals surface area (Å²) in [5.74, 6) is 0.259. The van der Waals surface area contributed by atoms with E-state index >= 15 is 0 Å². The molecule has 0 saturated carbocycles. The van der Waals surface area contributed by atoms with Crippen LogP contribution in [0.2, 0.25) is 0 Å². The second-order valence-corrected chi connectivity index (χ2v) is 4.99. The number of aromatic amines is 1. The fourth-order valence-corrected chi connectivity index (χ4v) is 2.12. The van der Waals surface area contributed by atoms with Crippen LogP contribution in [0.1, 0.15) is 11.3 Å². The molecular weight excluding hydrogens is 292 g/mol. The Bertz CT molecular complexity index is 854. The van der Waals surface area contributed by atoms with Crippen LogP contribution >= 0.6 is 0 Å². The molecule has 2 heterocycles. The van der Waals surface area contributed by atoms with Crippen LogP contribution in [0.5, 0.6) is 5.75 Å². The average molecular weight is 308 g/mol. The van der Waals surface area contributed by atoms with E-state index in [2.05, 4.69) is 20.5 Å². The highest BCUT2D eigenvalue weighted by Crippen LogP contribution is 2.13. The highest BCUT2D eigenvalue weighted by molar-refractivity contribution is 5.89. The first-order chi connectivity index (χ1) is 11.2. The van der Waals surface area contributed by atoms with E-state index < -0.39 is 0 Å². The minimum atomic E-state index is -0.328. The zero-order valence-corrected chi connectivity index (χ0v) is 12.6. The van der Waals surface area contributed by atoms with Gasteiger partial charge in [0, 0.05) is 17.9 Å². The number of benzene rings is 1. The molecule has 0 radical (unpaired) electrons. The van der Waals surface area contributed by atoms with E-state index in [0.717, 1.165) is 22.2 Å². The van der Waals surface area contributed by atoms with E-state index in [4.69, 9.17) is 4.74 Å². The van der Waals surface area contributed by atoms with Crippen molar-refractivity contribution >= 4 is 23.0 Å². The van der Waals surface area contributed by atoms with Crippen LogP contribution in [0, 0.1) is 6.92 Å². The number of carbonyl (C=O) groups is 1. The third-order valence-electron chi connectivity index (χ3n) is 3.30. The van der Waals surface area contributed by atoms with Gasteiger partial charge in [-0.2, -0.15) is 5.10 Å². The molecule has 0 fully saturated rings. The minimum absolute atomic E-state index is 0.112. The molecule has 6 heteroatoms. The predicted molar refractivity (Wildman–Crippen MR) is 88.5 cm³/mol. The number of aromatic nitrogens is 2. The van der Waals surface area contributed by atoms with E-state index in [1.54, 1.807) is 24.5 Å². The summed E-state index contributed by atoms with van der Waals surface area (Å²) in [5.41, 5.74) is 5.09. The summed E-state index contributed by atoms with van der Waals surface area (Å²) in [6, 6.07) is 11.4. The van der Waals surface area contributed by atoms with Gasteiger partial charge in [-0.25, -0.2) is 5.43 Å². The summed E-state index contributed by atoms with van der Waals surface area (Å²) < 4.78 is 5.40. The van der Waals surface area contributed by atoms with Crippen molar-refractivity contribution in [2.45, 2.75) is 6.92 Å². The van der Waals surface area contributed by atoms with Crippen LogP contribution in [0.4, 0.5) is 0 Å². The molecule has 0 unspecified atom stereocenters. The smallest absolute Gasteiger partial charge is 0.277 e. The Balaban J connectivity index is 1.53. The lowest BCUT2D eigenvalue weighted by Gasteiger charge is -2.06. The Labute approximate surface area is 133 Å². The molecular formula is C17H16N4O2. The number of hydrogen-bond acceptors (Lipinski definition) is 4. The van der Waals surface area contributed by atoms with Gasteiger partial charge >= 0.3 is 0 Å². The van der Waals surface area contributed by atoms with Gasteiger partial charge in [0.2, 0.25) is 0 Å². The number of nitrogens with zero attached hydrogens (tertiary/aromatic N) is 2. The summed E-state index contributed by atoms with van der Waals surface area (Å²) >= 11 is 0. The molecule has 0 aliphatic heterocycles. The third kappa shape index (κ3) is 3.74. The number of pyridine rings is 1. The fraction of sp³-hybridized carbons (Fsp3) is 0.118. The molecule has 0 saturated heterocycles. The van der Waals surface area contributed by atoms with Gasteiger partial charge in [-0.1, -0.05) is 12.1 Å². The van der Waals surface area contributed by atoms with Crippen LogP contribution in [0.15, 0.2) is 53.9 Å². The summed E-state index contributed by atoms with van der Waals surface area (Å²) in [4.78, 5) is 18.9. The average Bonchev–Trinajstić information content (AvgIpc) is 3.02. The van der Waals surface area contributed by atoms with Gasteiger partial charge < -0.3 is 9.72 Å².